The largest absolute Gasteiger partial charge is 0.347 e. The summed E-state index contributed by atoms with van der Waals surface area (Å²) in [7, 11) is 1.81. The van der Waals surface area contributed by atoms with Gasteiger partial charge in [0.2, 0.25) is 0 Å². The Morgan fingerprint density at radius 2 is 1.77 bits per heavy atom. The molecule has 0 fully saturated rings. The smallest absolute Gasteiger partial charge is 0.279 e. The maximum Gasteiger partial charge on any atom is 0.279 e. The normalized spacial score (nSPS) is 12.9. The van der Waals surface area contributed by atoms with Gasteiger partial charge in [-0.25, -0.2) is 0 Å². The van der Waals surface area contributed by atoms with Gasteiger partial charge in [-0.1, -0.05) is 53.5 Å². The first-order valence-electron chi connectivity index (χ1n) is 8.25. The van der Waals surface area contributed by atoms with Crippen molar-refractivity contribution in [2.45, 2.75) is 19.5 Å². The molecule has 3 N–H and O–H groups in total. The predicted molar refractivity (Wildman–Crippen MR) is 105 cm³/mol. The van der Waals surface area contributed by atoms with Gasteiger partial charge < -0.3 is 15.5 Å². The molecule has 2 aromatic rings. The lowest BCUT2D eigenvalue weighted by molar-refractivity contribution is -0.885. The van der Waals surface area contributed by atoms with Crippen molar-refractivity contribution in [1.82, 2.24) is 5.32 Å². The molecule has 0 heterocycles. The maximum atomic E-state index is 12.3. The molecule has 0 bridgehead atoms. The van der Waals surface area contributed by atoms with Gasteiger partial charge in [-0.15, -0.1) is 0 Å². The third-order valence-corrected chi connectivity index (χ3v) is 4.82. The fraction of sp³-hybridized carbons (Fsp3) is 0.263. The Hall–Kier alpha value is -2.08. The fourth-order valence-electron chi connectivity index (χ4n) is 2.35. The number of rotatable bonds is 7. The molecule has 2 rings (SSSR count). The average molecular weight is 395 g/mol. The number of quaternary nitrogens is 1. The van der Waals surface area contributed by atoms with Crippen LogP contribution in [-0.4, -0.2) is 31.4 Å². The van der Waals surface area contributed by atoms with Crippen molar-refractivity contribution in [1.29, 1.82) is 0 Å². The summed E-state index contributed by atoms with van der Waals surface area (Å²) in [5, 5.41) is 6.45. The van der Waals surface area contributed by atoms with Crippen LogP contribution in [0.5, 0.6) is 0 Å². The van der Waals surface area contributed by atoms with Crippen LogP contribution in [0.25, 0.3) is 0 Å². The van der Waals surface area contributed by atoms with Crippen LogP contribution < -0.4 is 15.5 Å². The van der Waals surface area contributed by atoms with E-state index in [4.69, 9.17) is 23.2 Å². The van der Waals surface area contributed by atoms with Gasteiger partial charge in [0.25, 0.3) is 11.8 Å². The van der Waals surface area contributed by atoms with E-state index in [1.165, 1.54) is 0 Å². The number of benzene rings is 2. The van der Waals surface area contributed by atoms with E-state index in [1.807, 2.05) is 30.3 Å². The number of likely N-dealkylation sites (N-methyl/N-ethyl adjacent to an activating group) is 1. The number of nitrogens with one attached hydrogen (secondary N) is 3. The van der Waals surface area contributed by atoms with E-state index in [0.29, 0.717) is 22.3 Å². The minimum atomic E-state index is -0.363. The SMILES string of the molecule is C[C@@H](C(=O)NCc1ccccc1)[NH+](C)CC(=O)Nc1ccc(Cl)c(Cl)c1. The molecule has 26 heavy (non-hydrogen) atoms. The molecular weight excluding hydrogens is 373 g/mol. The molecule has 0 saturated carbocycles. The molecule has 7 heteroatoms. The molecule has 2 aromatic carbocycles. The molecule has 2 atom stereocenters. The average Bonchev–Trinajstić information content (AvgIpc) is 2.62. The quantitative estimate of drug-likeness (QED) is 0.673. The maximum absolute atomic E-state index is 12.3. The lowest BCUT2D eigenvalue weighted by Crippen LogP contribution is -3.15. The second-order valence-corrected chi connectivity index (χ2v) is 6.94. The van der Waals surface area contributed by atoms with Crippen molar-refractivity contribution >= 4 is 40.7 Å². The first-order valence-corrected chi connectivity index (χ1v) is 9.01. The lowest BCUT2D eigenvalue weighted by Gasteiger charge is -2.20. The number of halogens is 2. The first-order chi connectivity index (χ1) is 12.4. The number of hydrogen-bond acceptors (Lipinski definition) is 2. The second-order valence-electron chi connectivity index (χ2n) is 6.13. The molecule has 0 radical (unpaired) electrons. The molecular formula is C19H22Cl2N3O2+. The molecule has 0 aliphatic heterocycles. The van der Waals surface area contributed by atoms with E-state index < -0.39 is 0 Å². The van der Waals surface area contributed by atoms with Crippen LogP contribution in [0.3, 0.4) is 0 Å². The highest BCUT2D eigenvalue weighted by Gasteiger charge is 2.23. The minimum absolute atomic E-state index is 0.103. The molecule has 0 aromatic heterocycles. The van der Waals surface area contributed by atoms with Gasteiger partial charge in [-0.3, -0.25) is 9.59 Å². The Morgan fingerprint density at radius 1 is 1.08 bits per heavy atom. The standard InChI is InChI=1S/C19H21Cl2N3O2/c1-13(19(26)22-11-14-6-4-3-5-7-14)24(2)12-18(25)23-15-8-9-16(20)17(21)10-15/h3-10,13H,11-12H2,1-2H3,(H,22,26)(H,23,25)/p+1/t13-/m0/s1. The molecule has 138 valence electrons. The van der Waals surface area contributed by atoms with Crippen molar-refractivity contribution in [3.05, 3.63) is 64.1 Å². The Kier molecular flexibility index (Phi) is 7.45. The van der Waals surface area contributed by atoms with Crippen molar-refractivity contribution in [2.75, 3.05) is 18.9 Å². The molecule has 5 nitrogen and oxygen atoms in total. The van der Waals surface area contributed by atoms with Crippen molar-refractivity contribution in [2.24, 2.45) is 0 Å². The summed E-state index contributed by atoms with van der Waals surface area (Å²) in [4.78, 5) is 25.3. The summed E-state index contributed by atoms with van der Waals surface area (Å²) in [6, 6.07) is 14.2. The Bertz CT molecular complexity index is 769. The van der Waals surface area contributed by atoms with Crippen molar-refractivity contribution in [3.8, 4) is 0 Å². The first kappa shape index (κ1) is 20.2. The Balaban J connectivity index is 1.83. The number of hydrogen-bond donors (Lipinski definition) is 3. The summed E-state index contributed by atoms with van der Waals surface area (Å²) in [6.45, 7) is 2.41. The van der Waals surface area contributed by atoms with Crippen LogP contribution in [0.1, 0.15) is 12.5 Å². The third kappa shape index (κ3) is 6.02. The fourth-order valence-corrected chi connectivity index (χ4v) is 2.65. The van der Waals surface area contributed by atoms with Gasteiger partial charge in [-0.05, 0) is 30.7 Å². The zero-order valence-electron chi connectivity index (χ0n) is 14.7. The summed E-state index contributed by atoms with van der Waals surface area (Å²) >= 11 is 11.8. The topological polar surface area (TPSA) is 62.6 Å². The molecule has 0 saturated heterocycles. The number of anilines is 1. The van der Waals surface area contributed by atoms with Gasteiger partial charge in [0.15, 0.2) is 12.6 Å². The minimum Gasteiger partial charge on any atom is -0.347 e. The second kappa shape index (κ2) is 9.57. The van der Waals surface area contributed by atoms with E-state index >= 15 is 0 Å². The van der Waals surface area contributed by atoms with Crippen LogP contribution in [0.15, 0.2) is 48.5 Å². The van der Waals surface area contributed by atoms with Gasteiger partial charge in [-0.2, -0.15) is 0 Å². The summed E-state index contributed by atoms with van der Waals surface area (Å²) in [5.41, 5.74) is 1.60. The van der Waals surface area contributed by atoms with E-state index in [2.05, 4.69) is 10.6 Å². The third-order valence-electron chi connectivity index (χ3n) is 4.08. The summed E-state index contributed by atoms with van der Waals surface area (Å²) in [6.07, 6.45) is 0. The molecule has 2 amide bonds. The molecule has 1 unspecified atom stereocenters. The highest BCUT2D eigenvalue weighted by atomic mass is 35.5. The Morgan fingerprint density at radius 3 is 2.42 bits per heavy atom. The van der Waals surface area contributed by atoms with Crippen LogP contribution >= 0.6 is 23.2 Å². The molecule has 0 aliphatic rings. The summed E-state index contributed by atoms with van der Waals surface area (Å²) in [5.74, 6) is -0.308. The lowest BCUT2D eigenvalue weighted by atomic mass is 10.2. The number of carbonyl (C=O) groups is 2. The van der Waals surface area contributed by atoms with Crippen molar-refractivity contribution in [3.63, 3.8) is 0 Å². The predicted octanol–water partition coefficient (Wildman–Crippen LogP) is 2.15. The number of amides is 2. The van der Waals surface area contributed by atoms with E-state index in [0.717, 1.165) is 10.5 Å². The van der Waals surface area contributed by atoms with Gasteiger partial charge >= 0.3 is 0 Å². The molecule has 0 spiro atoms. The highest BCUT2D eigenvalue weighted by molar-refractivity contribution is 6.42. The summed E-state index contributed by atoms with van der Waals surface area (Å²) < 4.78 is 0. The van der Waals surface area contributed by atoms with E-state index in [9.17, 15) is 9.59 Å². The van der Waals surface area contributed by atoms with Crippen LogP contribution in [0.2, 0.25) is 10.0 Å². The van der Waals surface area contributed by atoms with Gasteiger partial charge in [0.05, 0.1) is 17.1 Å². The van der Waals surface area contributed by atoms with E-state index in [-0.39, 0.29) is 24.4 Å². The zero-order valence-corrected chi connectivity index (χ0v) is 16.2. The van der Waals surface area contributed by atoms with Gasteiger partial charge in [0, 0.05) is 12.2 Å². The van der Waals surface area contributed by atoms with Crippen LogP contribution in [-0.2, 0) is 16.1 Å². The zero-order chi connectivity index (χ0) is 19.1. The van der Waals surface area contributed by atoms with Gasteiger partial charge in [0.1, 0.15) is 0 Å². The Labute approximate surface area is 163 Å². The van der Waals surface area contributed by atoms with E-state index in [1.54, 1.807) is 32.2 Å². The monoisotopic (exact) mass is 394 g/mol. The highest BCUT2D eigenvalue weighted by Crippen LogP contribution is 2.24. The molecule has 0 aliphatic carbocycles. The van der Waals surface area contributed by atoms with Crippen LogP contribution in [0.4, 0.5) is 5.69 Å². The van der Waals surface area contributed by atoms with Crippen molar-refractivity contribution < 1.29 is 14.5 Å². The number of carbonyl (C=O) groups excluding carboxylic acids is 2. The van der Waals surface area contributed by atoms with Crippen LogP contribution in [0, 0.1) is 0 Å².